The van der Waals surface area contributed by atoms with Crippen LogP contribution in [-0.2, 0) is 4.79 Å². The lowest BCUT2D eigenvalue weighted by Crippen LogP contribution is -2.30. The highest BCUT2D eigenvalue weighted by molar-refractivity contribution is 6.35. The Balaban J connectivity index is 1.72. The maximum atomic E-state index is 12.3. The van der Waals surface area contributed by atoms with Crippen LogP contribution in [0.2, 0.25) is 10.0 Å². The minimum absolute atomic E-state index is 0.327. The summed E-state index contributed by atoms with van der Waals surface area (Å²) in [5.74, 6) is 0.0248. The zero-order chi connectivity index (χ0) is 18.0. The van der Waals surface area contributed by atoms with Crippen molar-refractivity contribution >= 4 is 45.8 Å². The zero-order valence-corrected chi connectivity index (χ0v) is 14.6. The van der Waals surface area contributed by atoms with Gasteiger partial charge in [0.15, 0.2) is 6.10 Å². The van der Waals surface area contributed by atoms with E-state index in [1.807, 2.05) is 0 Å². The Morgan fingerprint density at radius 1 is 1.12 bits per heavy atom. The molecule has 0 bridgehead atoms. The molecule has 3 aromatic rings. The molecule has 0 aliphatic carbocycles. The molecule has 1 N–H and O–H groups in total. The van der Waals surface area contributed by atoms with E-state index in [4.69, 9.17) is 32.4 Å². The smallest absolute Gasteiger partial charge is 0.336 e. The zero-order valence-electron chi connectivity index (χ0n) is 13.1. The van der Waals surface area contributed by atoms with Crippen LogP contribution in [0.3, 0.4) is 0 Å². The van der Waals surface area contributed by atoms with Crippen LogP contribution in [0.4, 0.5) is 5.69 Å². The largest absolute Gasteiger partial charge is 0.479 e. The molecular formula is C18H13Cl2NO4. The van der Waals surface area contributed by atoms with E-state index in [0.29, 0.717) is 32.5 Å². The molecule has 5 nitrogen and oxygen atoms in total. The number of fused-ring (bicyclic) bond motifs is 1. The van der Waals surface area contributed by atoms with Crippen LogP contribution in [0.1, 0.15) is 6.92 Å². The first kappa shape index (κ1) is 17.3. The fourth-order valence-electron chi connectivity index (χ4n) is 2.21. The molecule has 128 valence electrons. The van der Waals surface area contributed by atoms with Crippen LogP contribution in [0.15, 0.2) is 57.7 Å². The molecule has 7 heteroatoms. The van der Waals surface area contributed by atoms with Crippen LogP contribution < -0.4 is 15.7 Å². The lowest BCUT2D eigenvalue weighted by molar-refractivity contribution is -0.122. The summed E-state index contributed by atoms with van der Waals surface area (Å²) < 4.78 is 10.6. The predicted molar refractivity (Wildman–Crippen MR) is 97.7 cm³/mol. The summed E-state index contributed by atoms with van der Waals surface area (Å²) in [4.78, 5) is 23.5. The number of benzene rings is 2. The SMILES string of the molecule is C[C@H](Oc1ccc(Cl)cc1Cl)C(=O)Nc1ccc2oc(=O)ccc2c1. The van der Waals surface area contributed by atoms with Crippen molar-refractivity contribution < 1.29 is 13.9 Å². The number of carbonyl (C=O) groups excluding carboxylic acids is 1. The number of rotatable bonds is 4. The molecule has 1 amide bonds. The van der Waals surface area contributed by atoms with E-state index in [-0.39, 0.29) is 5.91 Å². The van der Waals surface area contributed by atoms with Gasteiger partial charge in [-0.15, -0.1) is 0 Å². The summed E-state index contributed by atoms with van der Waals surface area (Å²) in [6.45, 7) is 1.61. The van der Waals surface area contributed by atoms with Gasteiger partial charge in [0.1, 0.15) is 11.3 Å². The molecule has 0 radical (unpaired) electrons. The van der Waals surface area contributed by atoms with E-state index >= 15 is 0 Å². The van der Waals surface area contributed by atoms with E-state index in [1.165, 1.54) is 6.07 Å². The predicted octanol–water partition coefficient (Wildman–Crippen LogP) is 4.51. The van der Waals surface area contributed by atoms with Gasteiger partial charge in [-0.1, -0.05) is 23.2 Å². The lowest BCUT2D eigenvalue weighted by Gasteiger charge is -2.16. The number of hydrogen-bond donors (Lipinski definition) is 1. The third-order valence-corrected chi connectivity index (χ3v) is 3.98. The molecule has 25 heavy (non-hydrogen) atoms. The Kier molecular flexibility index (Phi) is 4.97. The number of amides is 1. The summed E-state index contributed by atoms with van der Waals surface area (Å²) >= 11 is 11.9. The average Bonchev–Trinajstić information content (AvgIpc) is 2.57. The molecule has 0 saturated carbocycles. The normalized spacial score (nSPS) is 12.0. The van der Waals surface area contributed by atoms with Gasteiger partial charge in [0.2, 0.25) is 0 Å². The minimum atomic E-state index is -0.775. The molecule has 1 atom stereocenters. The van der Waals surface area contributed by atoms with Gasteiger partial charge in [-0.25, -0.2) is 4.79 Å². The second-order valence-corrected chi connectivity index (χ2v) is 6.17. The van der Waals surface area contributed by atoms with E-state index in [0.717, 1.165) is 0 Å². The second kappa shape index (κ2) is 7.17. The van der Waals surface area contributed by atoms with Gasteiger partial charge in [0, 0.05) is 22.2 Å². The summed E-state index contributed by atoms with van der Waals surface area (Å²) in [6.07, 6.45) is -0.775. The van der Waals surface area contributed by atoms with Gasteiger partial charge < -0.3 is 14.5 Å². The molecule has 1 aromatic heterocycles. The third kappa shape index (κ3) is 4.13. The van der Waals surface area contributed by atoms with E-state index < -0.39 is 11.7 Å². The standard InChI is InChI=1S/C18H13Cl2NO4/c1-10(24-16-5-3-12(19)9-14(16)20)18(23)21-13-4-6-15-11(8-13)2-7-17(22)25-15/h2-10H,1H3,(H,21,23)/t10-/m0/s1. The van der Waals surface area contributed by atoms with E-state index in [1.54, 1.807) is 49.4 Å². The number of carbonyl (C=O) groups is 1. The fourth-order valence-corrected chi connectivity index (χ4v) is 2.66. The summed E-state index contributed by atoms with van der Waals surface area (Å²) in [5, 5.41) is 4.26. The van der Waals surface area contributed by atoms with Gasteiger partial charge in [-0.05, 0) is 49.4 Å². The Morgan fingerprint density at radius 2 is 1.92 bits per heavy atom. The monoisotopic (exact) mass is 377 g/mol. The van der Waals surface area contributed by atoms with Crippen molar-refractivity contribution in [3.63, 3.8) is 0 Å². The first-order chi connectivity index (χ1) is 11.9. The lowest BCUT2D eigenvalue weighted by atomic mass is 10.2. The summed E-state index contributed by atoms with van der Waals surface area (Å²) in [7, 11) is 0. The Morgan fingerprint density at radius 3 is 2.68 bits per heavy atom. The van der Waals surface area contributed by atoms with Crippen molar-refractivity contribution in [3.8, 4) is 5.75 Å². The molecule has 0 aliphatic rings. The van der Waals surface area contributed by atoms with Crippen LogP contribution in [-0.4, -0.2) is 12.0 Å². The van der Waals surface area contributed by atoms with Gasteiger partial charge >= 0.3 is 5.63 Å². The first-order valence-electron chi connectivity index (χ1n) is 7.39. The van der Waals surface area contributed by atoms with Crippen molar-refractivity contribution in [3.05, 3.63) is 69.0 Å². The summed E-state index contributed by atoms with van der Waals surface area (Å²) in [5.41, 5.74) is 0.581. The average molecular weight is 378 g/mol. The van der Waals surface area contributed by atoms with Crippen molar-refractivity contribution in [2.24, 2.45) is 0 Å². The molecule has 1 heterocycles. The van der Waals surface area contributed by atoms with E-state index in [2.05, 4.69) is 5.32 Å². The third-order valence-electron chi connectivity index (χ3n) is 3.45. The highest BCUT2D eigenvalue weighted by Crippen LogP contribution is 2.28. The minimum Gasteiger partial charge on any atom is -0.479 e. The Hall–Kier alpha value is -2.50. The van der Waals surface area contributed by atoms with Gasteiger partial charge in [0.05, 0.1) is 5.02 Å². The molecule has 0 unspecified atom stereocenters. The topological polar surface area (TPSA) is 68.5 Å². The fraction of sp³-hybridized carbons (Fsp3) is 0.111. The Bertz CT molecular complexity index is 1000. The Labute approximate surface area is 153 Å². The highest BCUT2D eigenvalue weighted by Gasteiger charge is 2.16. The van der Waals surface area contributed by atoms with Gasteiger partial charge in [-0.3, -0.25) is 4.79 Å². The molecule has 0 saturated heterocycles. The highest BCUT2D eigenvalue weighted by atomic mass is 35.5. The first-order valence-corrected chi connectivity index (χ1v) is 8.14. The van der Waals surface area contributed by atoms with Crippen LogP contribution in [0.5, 0.6) is 5.75 Å². The molecule has 0 spiro atoms. The van der Waals surface area contributed by atoms with Gasteiger partial charge in [-0.2, -0.15) is 0 Å². The van der Waals surface area contributed by atoms with Gasteiger partial charge in [0.25, 0.3) is 5.91 Å². The molecule has 3 rings (SSSR count). The molecular weight excluding hydrogens is 365 g/mol. The van der Waals surface area contributed by atoms with Crippen LogP contribution in [0, 0.1) is 0 Å². The number of nitrogens with one attached hydrogen (secondary N) is 1. The number of anilines is 1. The maximum Gasteiger partial charge on any atom is 0.336 e. The second-order valence-electron chi connectivity index (χ2n) is 5.33. The molecule has 0 aliphatic heterocycles. The van der Waals surface area contributed by atoms with Crippen molar-refractivity contribution in [2.75, 3.05) is 5.32 Å². The quantitative estimate of drug-likeness (QED) is 0.679. The number of ether oxygens (including phenoxy) is 1. The van der Waals surface area contributed by atoms with E-state index in [9.17, 15) is 9.59 Å². The van der Waals surface area contributed by atoms with Crippen molar-refractivity contribution in [1.29, 1.82) is 0 Å². The summed E-state index contributed by atoms with van der Waals surface area (Å²) in [6, 6.07) is 12.7. The van der Waals surface area contributed by atoms with Crippen LogP contribution in [0.25, 0.3) is 11.0 Å². The number of halogens is 2. The van der Waals surface area contributed by atoms with Crippen molar-refractivity contribution in [1.82, 2.24) is 0 Å². The van der Waals surface area contributed by atoms with Crippen molar-refractivity contribution in [2.45, 2.75) is 13.0 Å². The van der Waals surface area contributed by atoms with Crippen LogP contribution >= 0.6 is 23.2 Å². The molecule has 0 fully saturated rings. The maximum absolute atomic E-state index is 12.3. The number of hydrogen-bond acceptors (Lipinski definition) is 4. The molecule has 2 aromatic carbocycles.